The lowest BCUT2D eigenvalue weighted by Crippen LogP contribution is -2.18. The summed E-state index contributed by atoms with van der Waals surface area (Å²) in [6.07, 6.45) is 0. The summed E-state index contributed by atoms with van der Waals surface area (Å²) in [6.45, 7) is 6.79. The molecule has 0 amide bonds. The van der Waals surface area contributed by atoms with Crippen LogP contribution in [0.5, 0.6) is 0 Å². The van der Waals surface area contributed by atoms with E-state index in [-0.39, 0.29) is 0 Å². The van der Waals surface area contributed by atoms with E-state index in [1.807, 2.05) is 6.92 Å². The molecule has 0 heterocycles. The first-order valence-electron chi connectivity index (χ1n) is 5.63. The minimum absolute atomic E-state index is 0.340. The molecule has 0 aliphatic rings. The zero-order chi connectivity index (χ0) is 12.1. The van der Waals surface area contributed by atoms with Gasteiger partial charge in [-0.1, -0.05) is 36.2 Å². The van der Waals surface area contributed by atoms with Crippen LogP contribution in [0, 0.1) is 19.8 Å². The van der Waals surface area contributed by atoms with E-state index in [9.17, 15) is 4.21 Å². The van der Waals surface area contributed by atoms with Gasteiger partial charge in [-0.05, 0) is 31.9 Å². The highest BCUT2D eigenvalue weighted by Crippen LogP contribution is 2.12. The van der Waals surface area contributed by atoms with Crippen molar-refractivity contribution in [1.29, 1.82) is 0 Å². The van der Waals surface area contributed by atoms with E-state index in [0.29, 0.717) is 24.0 Å². The van der Waals surface area contributed by atoms with Gasteiger partial charge >= 0.3 is 0 Å². The second-order valence-electron chi connectivity index (χ2n) is 4.59. The number of hydrogen-bond donors (Lipinski definition) is 1. The van der Waals surface area contributed by atoms with Crippen LogP contribution in [0.3, 0.4) is 0 Å². The lowest BCUT2D eigenvalue weighted by molar-refractivity contribution is 0.640. The van der Waals surface area contributed by atoms with Gasteiger partial charge < -0.3 is 5.73 Å². The predicted octanol–water partition coefficient (Wildman–Crippen LogP) is 2.15. The fraction of sp³-hybridized carbons (Fsp3) is 0.538. The van der Waals surface area contributed by atoms with Crippen LogP contribution in [0.2, 0.25) is 0 Å². The topological polar surface area (TPSA) is 43.1 Å². The second kappa shape index (κ2) is 6.16. The molecule has 2 nitrogen and oxygen atoms in total. The highest BCUT2D eigenvalue weighted by Gasteiger charge is 2.07. The molecule has 2 atom stereocenters. The van der Waals surface area contributed by atoms with Gasteiger partial charge in [0.25, 0.3) is 0 Å². The van der Waals surface area contributed by atoms with Crippen molar-refractivity contribution in [3.63, 3.8) is 0 Å². The van der Waals surface area contributed by atoms with Gasteiger partial charge in [-0.2, -0.15) is 0 Å². The fourth-order valence-electron chi connectivity index (χ4n) is 1.78. The average Bonchev–Trinajstić information content (AvgIpc) is 2.15. The number of nitrogens with two attached hydrogens (primary N) is 1. The molecular weight excluding hydrogens is 218 g/mol. The summed E-state index contributed by atoms with van der Waals surface area (Å²) in [7, 11) is -0.798. The summed E-state index contributed by atoms with van der Waals surface area (Å²) >= 11 is 0. The standard InChI is InChI=1S/C13H21NOS/c1-10-4-11(2)6-13(5-10)9-16(15)8-12(3)7-14/h4-6,12H,7-9,14H2,1-3H3. The van der Waals surface area contributed by atoms with Gasteiger partial charge in [-0.25, -0.2) is 0 Å². The maximum atomic E-state index is 11.9. The summed E-state index contributed by atoms with van der Waals surface area (Å²) in [5.74, 6) is 1.68. The Balaban J connectivity index is 2.62. The quantitative estimate of drug-likeness (QED) is 0.855. The minimum Gasteiger partial charge on any atom is -0.330 e. The number of hydrogen-bond acceptors (Lipinski definition) is 2. The Labute approximate surface area is 101 Å². The second-order valence-corrected chi connectivity index (χ2v) is 6.09. The molecule has 16 heavy (non-hydrogen) atoms. The molecule has 0 bridgehead atoms. The molecule has 0 aliphatic carbocycles. The van der Waals surface area contributed by atoms with Crippen molar-refractivity contribution in [3.05, 3.63) is 34.9 Å². The molecule has 3 heteroatoms. The van der Waals surface area contributed by atoms with Gasteiger partial charge in [0.1, 0.15) is 0 Å². The van der Waals surface area contributed by atoms with Crippen LogP contribution in [0.4, 0.5) is 0 Å². The van der Waals surface area contributed by atoms with Gasteiger partial charge in [-0.3, -0.25) is 4.21 Å². The van der Waals surface area contributed by atoms with Crippen molar-refractivity contribution in [2.75, 3.05) is 12.3 Å². The molecule has 0 saturated carbocycles. The average molecular weight is 239 g/mol. The summed E-state index contributed by atoms with van der Waals surface area (Å²) in [6, 6.07) is 6.35. The van der Waals surface area contributed by atoms with Crippen LogP contribution < -0.4 is 5.73 Å². The van der Waals surface area contributed by atoms with E-state index in [1.165, 1.54) is 16.7 Å². The van der Waals surface area contributed by atoms with Gasteiger partial charge in [0.15, 0.2) is 0 Å². The van der Waals surface area contributed by atoms with Crippen LogP contribution in [0.25, 0.3) is 0 Å². The Bertz CT molecular complexity index is 356. The monoisotopic (exact) mass is 239 g/mol. The zero-order valence-electron chi connectivity index (χ0n) is 10.3. The summed E-state index contributed by atoms with van der Waals surface area (Å²) < 4.78 is 11.9. The summed E-state index contributed by atoms with van der Waals surface area (Å²) in [5.41, 5.74) is 9.16. The third kappa shape index (κ3) is 4.45. The molecule has 2 N–H and O–H groups in total. The SMILES string of the molecule is Cc1cc(C)cc(CS(=O)CC(C)CN)c1. The van der Waals surface area contributed by atoms with Crippen LogP contribution >= 0.6 is 0 Å². The summed E-state index contributed by atoms with van der Waals surface area (Å²) in [5, 5.41) is 0. The van der Waals surface area contributed by atoms with Crippen LogP contribution in [0.1, 0.15) is 23.6 Å². The molecule has 0 aromatic heterocycles. The maximum absolute atomic E-state index is 11.9. The maximum Gasteiger partial charge on any atom is 0.0485 e. The first-order chi connectivity index (χ1) is 7.51. The van der Waals surface area contributed by atoms with E-state index in [0.717, 1.165) is 0 Å². The molecule has 0 spiro atoms. The lowest BCUT2D eigenvalue weighted by atomic mass is 10.1. The summed E-state index contributed by atoms with van der Waals surface area (Å²) in [4.78, 5) is 0. The number of rotatable bonds is 5. The molecule has 0 aliphatic heterocycles. The number of aryl methyl sites for hydroxylation is 2. The van der Waals surface area contributed by atoms with Crippen LogP contribution in [0.15, 0.2) is 18.2 Å². The van der Waals surface area contributed by atoms with Gasteiger partial charge in [0.05, 0.1) is 0 Å². The third-order valence-corrected chi connectivity index (χ3v) is 4.08. The highest BCUT2D eigenvalue weighted by molar-refractivity contribution is 7.84. The number of benzene rings is 1. The van der Waals surface area contributed by atoms with Gasteiger partial charge in [-0.15, -0.1) is 0 Å². The highest BCUT2D eigenvalue weighted by atomic mass is 32.2. The largest absolute Gasteiger partial charge is 0.330 e. The fourth-order valence-corrected chi connectivity index (χ4v) is 3.21. The smallest absolute Gasteiger partial charge is 0.0485 e. The zero-order valence-corrected chi connectivity index (χ0v) is 11.1. The first kappa shape index (κ1) is 13.4. The lowest BCUT2D eigenvalue weighted by Gasteiger charge is -2.09. The minimum atomic E-state index is -0.798. The van der Waals surface area contributed by atoms with Crippen molar-refractivity contribution in [2.45, 2.75) is 26.5 Å². The van der Waals surface area contributed by atoms with Crippen molar-refractivity contribution in [2.24, 2.45) is 11.7 Å². The van der Waals surface area contributed by atoms with E-state index in [1.54, 1.807) is 0 Å². The first-order valence-corrected chi connectivity index (χ1v) is 7.12. The molecule has 1 rings (SSSR count). The molecule has 0 radical (unpaired) electrons. The van der Waals surface area contributed by atoms with Crippen LogP contribution in [-0.2, 0) is 16.6 Å². The van der Waals surface area contributed by atoms with E-state index >= 15 is 0 Å². The van der Waals surface area contributed by atoms with Crippen molar-refractivity contribution >= 4 is 10.8 Å². The molecule has 1 aromatic carbocycles. The van der Waals surface area contributed by atoms with E-state index in [2.05, 4.69) is 32.0 Å². The Hall–Kier alpha value is -0.670. The predicted molar refractivity (Wildman–Crippen MR) is 70.8 cm³/mol. The molecular formula is C13H21NOS. The van der Waals surface area contributed by atoms with Gasteiger partial charge in [0.2, 0.25) is 0 Å². The Kier molecular flexibility index (Phi) is 5.16. The molecule has 2 unspecified atom stereocenters. The van der Waals surface area contributed by atoms with E-state index in [4.69, 9.17) is 5.73 Å². The van der Waals surface area contributed by atoms with Crippen molar-refractivity contribution in [3.8, 4) is 0 Å². The Morgan fingerprint density at radius 1 is 1.25 bits per heavy atom. The van der Waals surface area contributed by atoms with Crippen molar-refractivity contribution < 1.29 is 4.21 Å². The Morgan fingerprint density at radius 2 is 1.81 bits per heavy atom. The Morgan fingerprint density at radius 3 is 2.31 bits per heavy atom. The normalized spacial score (nSPS) is 14.8. The molecule has 0 saturated heterocycles. The van der Waals surface area contributed by atoms with Crippen LogP contribution in [-0.4, -0.2) is 16.5 Å². The van der Waals surface area contributed by atoms with E-state index < -0.39 is 10.8 Å². The van der Waals surface area contributed by atoms with Gasteiger partial charge in [0, 0.05) is 22.3 Å². The van der Waals surface area contributed by atoms with Crippen molar-refractivity contribution in [1.82, 2.24) is 0 Å². The molecule has 1 aromatic rings. The molecule has 90 valence electrons. The molecule has 0 fully saturated rings. The third-order valence-electron chi connectivity index (χ3n) is 2.48.